The molecule has 0 aromatic carbocycles. The lowest BCUT2D eigenvalue weighted by Gasteiger charge is -2.04. The zero-order valence-corrected chi connectivity index (χ0v) is 11.2. The minimum absolute atomic E-state index is 0.338. The molecule has 0 unspecified atom stereocenters. The van der Waals surface area contributed by atoms with E-state index in [1.807, 2.05) is 6.92 Å². The standard InChI is InChI=1S/C11H17N5O3/c1-4-12-10-13-8-7(15(10)2)9(17)14-11(18)16(8)5-6-19-3/h4-6H2,1-3H3,(H,12,13)(H,14,17,18). The first-order chi connectivity index (χ1) is 9.10. The third-order valence-corrected chi connectivity index (χ3v) is 2.87. The summed E-state index contributed by atoms with van der Waals surface area (Å²) in [7, 11) is 3.28. The number of nitrogens with zero attached hydrogens (tertiary/aromatic N) is 3. The highest BCUT2D eigenvalue weighted by Gasteiger charge is 2.15. The summed E-state index contributed by atoms with van der Waals surface area (Å²) < 4.78 is 8.01. The smallest absolute Gasteiger partial charge is 0.330 e. The molecule has 19 heavy (non-hydrogen) atoms. The number of nitrogens with one attached hydrogen (secondary N) is 2. The molecule has 0 fully saturated rings. The molecular formula is C11H17N5O3. The van der Waals surface area contributed by atoms with Crippen LogP contribution in [0.2, 0.25) is 0 Å². The van der Waals surface area contributed by atoms with Gasteiger partial charge in [-0.1, -0.05) is 0 Å². The normalized spacial score (nSPS) is 11.1. The Morgan fingerprint density at radius 3 is 2.79 bits per heavy atom. The van der Waals surface area contributed by atoms with Crippen molar-refractivity contribution in [2.75, 3.05) is 25.6 Å². The van der Waals surface area contributed by atoms with Crippen LogP contribution < -0.4 is 16.6 Å². The molecule has 0 aliphatic heterocycles. The third kappa shape index (κ3) is 2.26. The largest absolute Gasteiger partial charge is 0.383 e. The summed E-state index contributed by atoms with van der Waals surface area (Å²) in [6.45, 7) is 3.32. The molecule has 104 valence electrons. The van der Waals surface area contributed by atoms with Crippen molar-refractivity contribution in [1.82, 2.24) is 19.1 Å². The maximum Gasteiger partial charge on any atom is 0.330 e. The Labute approximate surface area is 109 Å². The van der Waals surface area contributed by atoms with Crippen LogP contribution in [0.4, 0.5) is 5.95 Å². The minimum atomic E-state index is -0.476. The van der Waals surface area contributed by atoms with Crippen molar-refractivity contribution in [2.45, 2.75) is 13.5 Å². The predicted octanol–water partition coefficient (Wildman–Crippen LogP) is -0.498. The van der Waals surface area contributed by atoms with Gasteiger partial charge >= 0.3 is 5.69 Å². The Hall–Kier alpha value is -2.09. The molecule has 0 radical (unpaired) electrons. The average molecular weight is 267 g/mol. The van der Waals surface area contributed by atoms with E-state index in [0.29, 0.717) is 36.8 Å². The van der Waals surface area contributed by atoms with Crippen molar-refractivity contribution < 1.29 is 4.74 Å². The van der Waals surface area contributed by atoms with E-state index in [9.17, 15) is 9.59 Å². The molecule has 2 aromatic heterocycles. The number of fused-ring (bicyclic) bond motifs is 1. The molecular weight excluding hydrogens is 250 g/mol. The van der Waals surface area contributed by atoms with Gasteiger partial charge in [-0.2, -0.15) is 4.98 Å². The van der Waals surface area contributed by atoms with Gasteiger partial charge in [0.15, 0.2) is 11.2 Å². The first-order valence-electron chi connectivity index (χ1n) is 6.02. The molecule has 0 bridgehead atoms. The zero-order valence-electron chi connectivity index (χ0n) is 11.2. The van der Waals surface area contributed by atoms with E-state index in [4.69, 9.17) is 4.74 Å². The Morgan fingerprint density at radius 1 is 1.42 bits per heavy atom. The van der Waals surface area contributed by atoms with E-state index in [0.717, 1.165) is 0 Å². The number of hydrogen-bond donors (Lipinski definition) is 2. The highest BCUT2D eigenvalue weighted by molar-refractivity contribution is 5.73. The average Bonchev–Trinajstić information content (AvgIpc) is 2.68. The van der Waals surface area contributed by atoms with Crippen LogP contribution in [-0.2, 0) is 18.3 Å². The molecule has 0 saturated heterocycles. The molecule has 0 spiro atoms. The second-order valence-electron chi connectivity index (χ2n) is 4.10. The Morgan fingerprint density at radius 2 is 2.16 bits per heavy atom. The first-order valence-corrected chi connectivity index (χ1v) is 6.02. The van der Waals surface area contributed by atoms with Gasteiger partial charge in [-0.05, 0) is 6.92 Å². The molecule has 0 atom stereocenters. The van der Waals surface area contributed by atoms with Gasteiger partial charge in [0.05, 0.1) is 13.2 Å². The number of aryl methyl sites for hydroxylation is 1. The van der Waals surface area contributed by atoms with Crippen LogP contribution in [0.3, 0.4) is 0 Å². The first kappa shape index (κ1) is 13.3. The molecule has 8 heteroatoms. The van der Waals surface area contributed by atoms with Crippen LogP contribution in [-0.4, -0.2) is 39.4 Å². The van der Waals surface area contributed by atoms with E-state index in [-0.39, 0.29) is 0 Å². The van der Waals surface area contributed by atoms with E-state index >= 15 is 0 Å². The molecule has 2 rings (SSSR count). The van der Waals surface area contributed by atoms with Crippen LogP contribution in [0.1, 0.15) is 6.92 Å². The number of rotatable bonds is 5. The highest BCUT2D eigenvalue weighted by Crippen LogP contribution is 2.12. The van der Waals surface area contributed by atoms with Gasteiger partial charge in [-0.25, -0.2) is 4.79 Å². The summed E-state index contributed by atoms with van der Waals surface area (Å²) in [6.07, 6.45) is 0. The number of aromatic nitrogens is 4. The lowest BCUT2D eigenvalue weighted by Crippen LogP contribution is -2.32. The number of H-pyrrole nitrogens is 1. The van der Waals surface area contributed by atoms with Gasteiger partial charge in [0.2, 0.25) is 5.95 Å². The fourth-order valence-corrected chi connectivity index (χ4v) is 1.95. The fourth-order valence-electron chi connectivity index (χ4n) is 1.95. The van der Waals surface area contributed by atoms with Crippen molar-refractivity contribution >= 4 is 17.1 Å². The summed E-state index contributed by atoms with van der Waals surface area (Å²) in [5, 5.41) is 3.05. The Bertz CT molecular complexity index is 697. The number of imidazole rings is 1. The second kappa shape index (κ2) is 5.27. The molecule has 2 N–H and O–H groups in total. The summed E-state index contributed by atoms with van der Waals surface area (Å²) in [4.78, 5) is 30.3. The van der Waals surface area contributed by atoms with Crippen LogP contribution in [0.25, 0.3) is 11.2 Å². The van der Waals surface area contributed by atoms with Crippen LogP contribution in [0, 0.1) is 0 Å². The minimum Gasteiger partial charge on any atom is -0.383 e. The van der Waals surface area contributed by atoms with Crippen molar-refractivity contribution in [1.29, 1.82) is 0 Å². The molecule has 0 aliphatic rings. The second-order valence-corrected chi connectivity index (χ2v) is 4.10. The van der Waals surface area contributed by atoms with E-state index in [1.165, 1.54) is 4.57 Å². The zero-order chi connectivity index (χ0) is 14.0. The van der Waals surface area contributed by atoms with Gasteiger partial charge < -0.3 is 14.6 Å². The van der Waals surface area contributed by atoms with E-state index in [2.05, 4.69) is 15.3 Å². The third-order valence-electron chi connectivity index (χ3n) is 2.87. The van der Waals surface area contributed by atoms with Crippen molar-refractivity contribution in [3.63, 3.8) is 0 Å². The number of hydrogen-bond acceptors (Lipinski definition) is 5. The molecule has 0 amide bonds. The number of aromatic amines is 1. The summed E-state index contributed by atoms with van der Waals surface area (Å²) in [5.41, 5.74) is -0.181. The van der Waals surface area contributed by atoms with Crippen molar-refractivity contribution in [3.05, 3.63) is 20.8 Å². The predicted molar refractivity (Wildman–Crippen MR) is 71.6 cm³/mol. The SMILES string of the molecule is CCNc1nc2c(c(=O)[nH]c(=O)n2CCOC)n1C. The van der Waals surface area contributed by atoms with Crippen LogP contribution in [0.15, 0.2) is 9.59 Å². The van der Waals surface area contributed by atoms with E-state index < -0.39 is 11.2 Å². The molecule has 0 saturated carbocycles. The van der Waals surface area contributed by atoms with Gasteiger partial charge in [0.1, 0.15) is 0 Å². The number of methoxy groups -OCH3 is 1. The Balaban J connectivity index is 2.71. The van der Waals surface area contributed by atoms with Gasteiger partial charge in [-0.15, -0.1) is 0 Å². The molecule has 0 aliphatic carbocycles. The molecule has 2 heterocycles. The van der Waals surface area contributed by atoms with Gasteiger partial charge in [-0.3, -0.25) is 14.3 Å². The summed E-state index contributed by atoms with van der Waals surface area (Å²) in [5.74, 6) is 0.555. The lowest BCUT2D eigenvalue weighted by atomic mass is 10.5. The Kier molecular flexibility index (Phi) is 3.70. The fraction of sp³-hybridized carbons (Fsp3) is 0.545. The molecule has 8 nitrogen and oxygen atoms in total. The maximum atomic E-state index is 11.9. The molecule has 2 aromatic rings. The van der Waals surface area contributed by atoms with Crippen LogP contribution >= 0.6 is 0 Å². The monoisotopic (exact) mass is 267 g/mol. The van der Waals surface area contributed by atoms with Crippen molar-refractivity contribution in [2.24, 2.45) is 7.05 Å². The topological polar surface area (TPSA) is 93.9 Å². The van der Waals surface area contributed by atoms with Crippen LogP contribution in [0.5, 0.6) is 0 Å². The maximum absolute atomic E-state index is 11.9. The number of anilines is 1. The van der Waals surface area contributed by atoms with E-state index in [1.54, 1.807) is 18.7 Å². The van der Waals surface area contributed by atoms with Crippen molar-refractivity contribution in [3.8, 4) is 0 Å². The summed E-state index contributed by atoms with van der Waals surface area (Å²) in [6, 6.07) is 0. The highest BCUT2D eigenvalue weighted by atomic mass is 16.5. The lowest BCUT2D eigenvalue weighted by molar-refractivity contribution is 0.187. The quantitative estimate of drug-likeness (QED) is 0.761. The summed E-state index contributed by atoms with van der Waals surface area (Å²) >= 11 is 0. The van der Waals surface area contributed by atoms with Gasteiger partial charge in [0, 0.05) is 20.7 Å². The number of ether oxygens (including phenoxy) is 1. The van der Waals surface area contributed by atoms with Gasteiger partial charge in [0.25, 0.3) is 5.56 Å².